The lowest BCUT2D eigenvalue weighted by Crippen LogP contribution is -2.45. The predicted octanol–water partition coefficient (Wildman–Crippen LogP) is 1.90. The van der Waals surface area contributed by atoms with Crippen LogP contribution in [0.3, 0.4) is 0 Å². The molecule has 0 saturated carbocycles. The summed E-state index contributed by atoms with van der Waals surface area (Å²) in [6.45, 7) is 8.55. The van der Waals surface area contributed by atoms with Crippen LogP contribution in [-0.2, 0) is 4.74 Å². The number of urea groups is 1. The van der Waals surface area contributed by atoms with Crippen LogP contribution in [0.25, 0.3) is 0 Å². The standard InChI is InChI=1S/C15H30N2O3/c1-12(13-5-9-20-10-6-13)17-14(19)16-8-4-7-15(2,3)11-18/h12-13,18H,4-11H2,1-3H3,(H2,16,17,19). The van der Waals surface area contributed by atoms with Gasteiger partial charge in [-0.05, 0) is 43.9 Å². The molecule has 1 heterocycles. The molecule has 1 fully saturated rings. The van der Waals surface area contributed by atoms with Crippen LogP contribution < -0.4 is 10.6 Å². The Hall–Kier alpha value is -0.810. The highest BCUT2D eigenvalue weighted by atomic mass is 16.5. The fourth-order valence-electron chi connectivity index (χ4n) is 2.44. The van der Waals surface area contributed by atoms with Crippen molar-refractivity contribution in [3.63, 3.8) is 0 Å². The Morgan fingerprint density at radius 3 is 2.65 bits per heavy atom. The molecule has 118 valence electrons. The maximum absolute atomic E-state index is 11.8. The van der Waals surface area contributed by atoms with E-state index in [0.717, 1.165) is 38.9 Å². The number of carbonyl (C=O) groups excluding carboxylic acids is 1. The van der Waals surface area contributed by atoms with E-state index in [1.54, 1.807) is 0 Å². The molecule has 2 amide bonds. The number of aliphatic hydroxyl groups is 1. The minimum absolute atomic E-state index is 0.0620. The third-order valence-electron chi connectivity index (χ3n) is 4.08. The van der Waals surface area contributed by atoms with Crippen molar-refractivity contribution in [1.82, 2.24) is 10.6 Å². The van der Waals surface area contributed by atoms with E-state index in [9.17, 15) is 4.79 Å². The average Bonchev–Trinajstić information content (AvgIpc) is 2.44. The molecule has 1 rings (SSSR count). The van der Waals surface area contributed by atoms with Gasteiger partial charge < -0.3 is 20.5 Å². The molecular weight excluding hydrogens is 256 g/mol. The van der Waals surface area contributed by atoms with Crippen molar-refractivity contribution >= 4 is 6.03 Å². The summed E-state index contributed by atoms with van der Waals surface area (Å²) in [6.07, 6.45) is 3.82. The van der Waals surface area contributed by atoms with Gasteiger partial charge in [0.15, 0.2) is 0 Å². The van der Waals surface area contributed by atoms with Crippen LogP contribution in [0, 0.1) is 11.3 Å². The van der Waals surface area contributed by atoms with Crippen molar-refractivity contribution in [2.24, 2.45) is 11.3 Å². The average molecular weight is 286 g/mol. The summed E-state index contributed by atoms with van der Waals surface area (Å²) in [5, 5.41) is 15.0. The Labute approximate surface area is 122 Å². The van der Waals surface area contributed by atoms with Gasteiger partial charge >= 0.3 is 6.03 Å². The molecule has 0 aromatic carbocycles. The van der Waals surface area contributed by atoms with Gasteiger partial charge in [-0.1, -0.05) is 13.8 Å². The van der Waals surface area contributed by atoms with E-state index in [1.807, 2.05) is 13.8 Å². The van der Waals surface area contributed by atoms with Crippen LogP contribution in [-0.4, -0.2) is 43.5 Å². The van der Waals surface area contributed by atoms with E-state index in [0.29, 0.717) is 12.5 Å². The quantitative estimate of drug-likeness (QED) is 0.626. The van der Waals surface area contributed by atoms with E-state index >= 15 is 0 Å². The lowest BCUT2D eigenvalue weighted by Gasteiger charge is -2.28. The molecule has 1 aliphatic rings. The lowest BCUT2D eigenvalue weighted by molar-refractivity contribution is 0.0571. The second-order valence-electron chi connectivity index (χ2n) is 6.56. The summed E-state index contributed by atoms with van der Waals surface area (Å²) in [7, 11) is 0. The summed E-state index contributed by atoms with van der Waals surface area (Å²) in [4.78, 5) is 11.8. The normalized spacial score (nSPS) is 18.6. The minimum Gasteiger partial charge on any atom is -0.396 e. The van der Waals surface area contributed by atoms with E-state index in [2.05, 4.69) is 17.6 Å². The minimum atomic E-state index is -0.0919. The van der Waals surface area contributed by atoms with Crippen molar-refractivity contribution in [2.45, 2.75) is 52.5 Å². The second kappa shape index (κ2) is 8.47. The zero-order chi connectivity index (χ0) is 15.0. The van der Waals surface area contributed by atoms with Crippen LogP contribution in [0.15, 0.2) is 0 Å². The highest BCUT2D eigenvalue weighted by Gasteiger charge is 2.21. The van der Waals surface area contributed by atoms with Crippen LogP contribution in [0.1, 0.15) is 46.5 Å². The third-order valence-corrected chi connectivity index (χ3v) is 4.08. The van der Waals surface area contributed by atoms with Gasteiger partial charge in [0.05, 0.1) is 0 Å². The zero-order valence-electron chi connectivity index (χ0n) is 13.1. The first-order chi connectivity index (χ1) is 9.44. The highest BCUT2D eigenvalue weighted by Crippen LogP contribution is 2.20. The number of ether oxygens (including phenoxy) is 1. The molecule has 0 spiro atoms. The maximum Gasteiger partial charge on any atom is 0.315 e. The first-order valence-corrected chi connectivity index (χ1v) is 7.67. The molecule has 5 heteroatoms. The molecule has 20 heavy (non-hydrogen) atoms. The van der Waals surface area contributed by atoms with Crippen molar-refractivity contribution in [1.29, 1.82) is 0 Å². The van der Waals surface area contributed by atoms with Crippen molar-refractivity contribution in [2.75, 3.05) is 26.4 Å². The van der Waals surface area contributed by atoms with E-state index in [4.69, 9.17) is 9.84 Å². The molecule has 5 nitrogen and oxygen atoms in total. The zero-order valence-corrected chi connectivity index (χ0v) is 13.1. The summed E-state index contributed by atoms with van der Waals surface area (Å²) >= 11 is 0. The topological polar surface area (TPSA) is 70.6 Å². The van der Waals surface area contributed by atoms with Crippen molar-refractivity contribution in [3.05, 3.63) is 0 Å². The number of hydrogen-bond acceptors (Lipinski definition) is 3. The number of rotatable bonds is 7. The molecule has 1 saturated heterocycles. The van der Waals surface area contributed by atoms with Crippen molar-refractivity contribution < 1.29 is 14.6 Å². The Morgan fingerprint density at radius 2 is 2.05 bits per heavy atom. The largest absolute Gasteiger partial charge is 0.396 e. The summed E-state index contributed by atoms with van der Waals surface area (Å²) in [6, 6.07) is 0.0959. The van der Waals surface area contributed by atoms with Crippen LogP contribution >= 0.6 is 0 Å². The summed E-state index contributed by atoms with van der Waals surface area (Å²) in [5.74, 6) is 0.517. The Bertz CT molecular complexity index is 289. The predicted molar refractivity (Wildman–Crippen MR) is 79.6 cm³/mol. The molecule has 0 aromatic rings. The monoisotopic (exact) mass is 286 g/mol. The molecule has 0 aromatic heterocycles. The molecule has 1 atom stereocenters. The Morgan fingerprint density at radius 1 is 1.40 bits per heavy atom. The number of hydrogen-bond donors (Lipinski definition) is 3. The van der Waals surface area contributed by atoms with Gasteiger partial charge in [-0.2, -0.15) is 0 Å². The molecule has 1 unspecified atom stereocenters. The fraction of sp³-hybridized carbons (Fsp3) is 0.933. The molecular formula is C15H30N2O3. The molecule has 3 N–H and O–H groups in total. The molecule has 0 aliphatic carbocycles. The summed E-state index contributed by atoms with van der Waals surface area (Å²) in [5.41, 5.74) is -0.0620. The van der Waals surface area contributed by atoms with Crippen molar-refractivity contribution in [3.8, 4) is 0 Å². The maximum atomic E-state index is 11.8. The van der Waals surface area contributed by atoms with Gasteiger partial charge in [-0.15, -0.1) is 0 Å². The van der Waals surface area contributed by atoms with E-state index in [1.165, 1.54) is 0 Å². The SMILES string of the molecule is CC(NC(=O)NCCCC(C)(C)CO)C1CCOCC1. The van der Waals surface area contributed by atoms with Gasteiger partial charge in [-0.25, -0.2) is 4.79 Å². The van der Waals surface area contributed by atoms with Crippen LogP contribution in [0.2, 0.25) is 0 Å². The Kier molecular flexibility index (Phi) is 7.30. The lowest BCUT2D eigenvalue weighted by atomic mass is 9.89. The Balaban J connectivity index is 2.13. The van der Waals surface area contributed by atoms with E-state index < -0.39 is 0 Å². The number of nitrogens with one attached hydrogen (secondary N) is 2. The first-order valence-electron chi connectivity index (χ1n) is 7.67. The van der Waals surface area contributed by atoms with Gasteiger partial charge in [0.2, 0.25) is 0 Å². The van der Waals surface area contributed by atoms with Gasteiger partial charge in [-0.3, -0.25) is 0 Å². The molecule has 0 bridgehead atoms. The van der Waals surface area contributed by atoms with Gasteiger partial charge in [0.25, 0.3) is 0 Å². The second-order valence-corrected chi connectivity index (χ2v) is 6.56. The third kappa shape index (κ3) is 6.57. The highest BCUT2D eigenvalue weighted by molar-refractivity contribution is 5.74. The van der Waals surface area contributed by atoms with Crippen LogP contribution in [0.5, 0.6) is 0 Å². The van der Waals surface area contributed by atoms with Gasteiger partial charge in [0, 0.05) is 32.4 Å². The number of carbonyl (C=O) groups is 1. The molecule has 1 aliphatic heterocycles. The van der Waals surface area contributed by atoms with Crippen LogP contribution in [0.4, 0.5) is 4.79 Å². The molecule has 0 radical (unpaired) electrons. The smallest absolute Gasteiger partial charge is 0.315 e. The number of aliphatic hydroxyl groups excluding tert-OH is 1. The fourth-order valence-corrected chi connectivity index (χ4v) is 2.44. The van der Waals surface area contributed by atoms with Gasteiger partial charge in [0.1, 0.15) is 0 Å². The van der Waals surface area contributed by atoms with E-state index in [-0.39, 0.29) is 24.1 Å². The summed E-state index contributed by atoms with van der Waals surface area (Å²) < 4.78 is 5.33. The first kappa shape index (κ1) is 17.2. The number of amides is 2.